The Bertz CT molecular complexity index is 921. The van der Waals surface area contributed by atoms with Crippen LogP contribution in [-0.4, -0.2) is 30.6 Å². The lowest BCUT2D eigenvalue weighted by atomic mass is 10.1. The third-order valence-electron chi connectivity index (χ3n) is 4.24. The Morgan fingerprint density at radius 2 is 1.66 bits per heavy atom. The fourth-order valence-corrected chi connectivity index (χ4v) is 2.75. The van der Waals surface area contributed by atoms with Gasteiger partial charge in [0.05, 0.1) is 5.69 Å². The molecule has 3 rings (SSSR count). The number of hydrogen-bond donors (Lipinski definition) is 2. The summed E-state index contributed by atoms with van der Waals surface area (Å²) in [7, 11) is 0. The number of nitrogens with zero attached hydrogens (tertiary/aromatic N) is 2. The zero-order chi connectivity index (χ0) is 20.5. The van der Waals surface area contributed by atoms with E-state index in [0.29, 0.717) is 25.4 Å². The number of rotatable bonds is 8. The highest BCUT2D eigenvalue weighted by molar-refractivity contribution is 5.79. The number of guanidine groups is 1. The van der Waals surface area contributed by atoms with Gasteiger partial charge in [0.15, 0.2) is 5.96 Å². The van der Waals surface area contributed by atoms with Crippen molar-refractivity contribution in [2.24, 2.45) is 4.99 Å². The molecular weight excluding hydrogens is 374 g/mol. The van der Waals surface area contributed by atoms with E-state index >= 15 is 0 Å². The normalized spacial score (nSPS) is 11.5. The Hall–Kier alpha value is -3.22. The Kier molecular flexibility index (Phi) is 7.33. The maximum atomic E-state index is 13.0. The molecule has 0 radical (unpaired) electrons. The first-order valence-corrected chi connectivity index (χ1v) is 9.61. The molecule has 3 aromatic rings. The molecule has 0 bridgehead atoms. The number of aliphatic imine (C=N–C) groups is 1. The van der Waals surface area contributed by atoms with Crippen molar-refractivity contribution >= 4 is 5.96 Å². The van der Waals surface area contributed by atoms with E-state index < -0.39 is 0 Å². The summed E-state index contributed by atoms with van der Waals surface area (Å²) in [4.78, 5) is 8.98. The standard InChI is InChI=1S/C22H24F2N4O/c1-2-25-22(26-13-11-16-3-7-18(23)8-4-16)27-14-12-20-15-29-21(28-20)17-5-9-19(24)10-6-17/h3-10,15H,2,11-14H2,1H3,(H2,25,26,27). The van der Waals surface area contributed by atoms with Crippen LogP contribution >= 0.6 is 0 Å². The number of aromatic nitrogens is 1. The van der Waals surface area contributed by atoms with E-state index in [1.54, 1.807) is 30.5 Å². The van der Waals surface area contributed by atoms with Crippen molar-refractivity contribution in [1.29, 1.82) is 0 Å². The average molecular weight is 398 g/mol. The molecule has 0 unspecified atom stereocenters. The molecule has 2 N–H and O–H groups in total. The van der Waals surface area contributed by atoms with E-state index in [1.807, 2.05) is 6.92 Å². The number of nitrogens with one attached hydrogen (secondary N) is 2. The van der Waals surface area contributed by atoms with Gasteiger partial charge in [-0.05, 0) is 55.3 Å². The summed E-state index contributed by atoms with van der Waals surface area (Å²) in [5, 5.41) is 6.47. The Balaban J connectivity index is 1.49. The van der Waals surface area contributed by atoms with Gasteiger partial charge in [0.2, 0.25) is 5.89 Å². The second-order valence-electron chi connectivity index (χ2n) is 6.46. The summed E-state index contributed by atoms with van der Waals surface area (Å²) in [5.41, 5.74) is 2.58. The zero-order valence-corrected chi connectivity index (χ0v) is 16.3. The molecule has 2 aromatic carbocycles. The maximum absolute atomic E-state index is 13.0. The van der Waals surface area contributed by atoms with Crippen LogP contribution < -0.4 is 10.6 Å². The third-order valence-corrected chi connectivity index (χ3v) is 4.24. The van der Waals surface area contributed by atoms with E-state index in [9.17, 15) is 8.78 Å². The summed E-state index contributed by atoms with van der Waals surface area (Å²) in [6.45, 7) is 3.99. The van der Waals surface area contributed by atoms with Gasteiger partial charge in [0, 0.05) is 31.6 Å². The topological polar surface area (TPSA) is 62.5 Å². The van der Waals surface area contributed by atoms with Crippen molar-refractivity contribution in [3.8, 4) is 11.5 Å². The van der Waals surface area contributed by atoms with Crippen LogP contribution in [0.3, 0.4) is 0 Å². The lowest BCUT2D eigenvalue weighted by molar-refractivity contribution is 0.572. The summed E-state index contributed by atoms with van der Waals surface area (Å²) < 4.78 is 31.5. The smallest absolute Gasteiger partial charge is 0.226 e. The highest BCUT2D eigenvalue weighted by atomic mass is 19.1. The predicted molar refractivity (Wildman–Crippen MR) is 110 cm³/mol. The predicted octanol–water partition coefficient (Wildman–Crippen LogP) is 3.96. The van der Waals surface area contributed by atoms with Crippen molar-refractivity contribution in [3.63, 3.8) is 0 Å². The molecule has 0 spiro atoms. The molecule has 5 nitrogen and oxygen atoms in total. The zero-order valence-electron chi connectivity index (χ0n) is 16.3. The summed E-state index contributed by atoms with van der Waals surface area (Å²) in [6, 6.07) is 12.5. The minimum atomic E-state index is -0.294. The lowest BCUT2D eigenvalue weighted by Crippen LogP contribution is -2.38. The van der Waals surface area contributed by atoms with Gasteiger partial charge < -0.3 is 15.1 Å². The largest absolute Gasteiger partial charge is 0.444 e. The molecule has 0 aliphatic carbocycles. The van der Waals surface area contributed by atoms with Crippen LogP contribution in [0.4, 0.5) is 8.78 Å². The van der Waals surface area contributed by atoms with Crippen LogP contribution in [0.2, 0.25) is 0 Å². The van der Waals surface area contributed by atoms with E-state index in [2.05, 4.69) is 20.6 Å². The van der Waals surface area contributed by atoms with E-state index in [1.165, 1.54) is 24.3 Å². The first-order valence-electron chi connectivity index (χ1n) is 9.61. The lowest BCUT2D eigenvalue weighted by Gasteiger charge is -2.11. The van der Waals surface area contributed by atoms with Gasteiger partial charge in [-0.2, -0.15) is 0 Å². The highest BCUT2D eigenvalue weighted by Crippen LogP contribution is 2.19. The van der Waals surface area contributed by atoms with Gasteiger partial charge in [0.1, 0.15) is 17.9 Å². The number of hydrogen-bond acceptors (Lipinski definition) is 3. The van der Waals surface area contributed by atoms with E-state index in [4.69, 9.17) is 4.42 Å². The van der Waals surface area contributed by atoms with Crippen molar-refractivity contribution in [3.05, 3.63) is 77.7 Å². The van der Waals surface area contributed by atoms with Gasteiger partial charge in [-0.1, -0.05) is 12.1 Å². The molecule has 1 heterocycles. The van der Waals surface area contributed by atoms with Crippen molar-refractivity contribution in [2.45, 2.75) is 19.8 Å². The quantitative estimate of drug-likeness (QED) is 0.445. The third kappa shape index (κ3) is 6.41. The molecule has 1 aromatic heterocycles. The van der Waals surface area contributed by atoms with Crippen LogP contribution in [0.5, 0.6) is 0 Å². The Labute approximate surface area is 168 Å². The molecule has 0 atom stereocenters. The van der Waals surface area contributed by atoms with Crippen LogP contribution in [0.25, 0.3) is 11.5 Å². The summed E-state index contributed by atoms with van der Waals surface area (Å²) in [6.07, 6.45) is 3.00. The van der Waals surface area contributed by atoms with E-state index in [-0.39, 0.29) is 11.6 Å². The first-order chi connectivity index (χ1) is 14.1. The monoisotopic (exact) mass is 398 g/mol. The second kappa shape index (κ2) is 10.4. The number of benzene rings is 2. The molecule has 0 fully saturated rings. The summed E-state index contributed by atoms with van der Waals surface area (Å²) in [5.74, 6) is 0.662. The SMILES string of the molecule is CCNC(=NCCc1coc(-c2ccc(F)cc2)n1)NCCc1ccc(F)cc1. The molecular formula is C22H24F2N4O. The highest BCUT2D eigenvalue weighted by Gasteiger charge is 2.07. The van der Waals surface area contributed by atoms with Crippen LogP contribution in [0.1, 0.15) is 18.2 Å². The molecule has 0 amide bonds. The number of oxazole rings is 1. The van der Waals surface area contributed by atoms with Gasteiger partial charge >= 0.3 is 0 Å². The number of halogens is 2. The molecule has 0 aliphatic rings. The van der Waals surface area contributed by atoms with Gasteiger partial charge in [-0.25, -0.2) is 13.8 Å². The first kappa shape index (κ1) is 20.5. The minimum absolute atomic E-state index is 0.230. The molecule has 29 heavy (non-hydrogen) atoms. The van der Waals surface area contributed by atoms with Crippen molar-refractivity contribution < 1.29 is 13.2 Å². The fourth-order valence-electron chi connectivity index (χ4n) is 2.75. The molecule has 0 aliphatic heterocycles. The van der Waals surface area contributed by atoms with E-state index in [0.717, 1.165) is 35.7 Å². The van der Waals surface area contributed by atoms with Gasteiger partial charge in [0.25, 0.3) is 0 Å². The van der Waals surface area contributed by atoms with Crippen molar-refractivity contribution in [2.75, 3.05) is 19.6 Å². The molecule has 0 saturated carbocycles. The van der Waals surface area contributed by atoms with Crippen LogP contribution in [-0.2, 0) is 12.8 Å². The second-order valence-corrected chi connectivity index (χ2v) is 6.46. The summed E-state index contributed by atoms with van der Waals surface area (Å²) >= 11 is 0. The van der Waals surface area contributed by atoms with Crippen LogP contribution in [0.15, 0.2) is 64.2 Å². The fraction of sp³-hybridized carbons (Fsp3) is 0.273. The average Bonchev–Trinajstić information content (AvgIpc) is 3.19. The molecule has 152 valence electrons. The maximum Gasteiger partial charge on any atom is 0.226 e. The van der Waals surface area contributed by atoms with Crippen LogP contribution in [0, 0.1) is 11.6 Å². The minimum Gasteiger partial charge on any atom is -0.444 e. The van der Waals surface area contributed by atoms with Gasteiger partial charge in [-0.3, -0.25) is 4.99 Å². The van der Waals surface area contributed by atoms with Crippen molar-refractivity contribution in [1.82, 2.24) is 15.6 Å². The Morgan fingerprint density at radius 1 is 0.966 bits per heavy atom. The van der Waals surface area contributed by atoms with Gasteiger partial charge in [-0.15, -0.1) is 0 Å². The molecule has 7 heteroatoms. The molecule has 0 saturated heterocycles. The Morgan fingerprint density at radius 3 is 2.34 bits per heavy atom.